The van der Waals surface area contributed by atoms with Gasteiger partial charge < -0.3 is 4.74 Å². The van der Waals surface area contributed by atoms with Crippen molar-refractivity contribution in [3.8, 4) is 0 Å². The Bertz CT molecular complexity index is 228. The third-order valence-electron chi connectivity index (χ3n) is 1.72. The first kappa shape index (κ1) is 11.0. The normalized spacial score (nSPS) is 16.4. The minimum atomic E-state index is -0.288. The van der Waals surface area contributed by atoms with Crippen LogP contribution in [-0.4, -0.2) is 37.5 Å². The molecule has 1 rings (SSSR count). The van der Waals surface area contributed by atoms with Crippen LogP contribution in [0.25, 0.3) is 0 Å². The van der Waals surface area contributed by atoms with Gasteiger partial charge in [-0.05, 0) is 13.8 Å². The smallest absolute Gasteiger partial charge is 0.336 e. The number of hydrogen-bond donors (Lipinski definition) is 1. The molecular formula is C9H16N2O3. The van der Waals surface area contributed by atoms with Crippen molar-refractivity contribution in [2.45, 2.75) is 13.8 Å². The van der Waals surface area contributed by atoms with E-state index in [0.29, 0.717) is 32.0 Å². The van der Waals surface area contributed by atoms with Crippen molar-refractivity contribution in [1.82, 2.24) is 10.4 Å². The van der Waals surface area contributed by atoms with Gasteiger partial charge in [0, 0.05) is 12.7 Å². The summed E-state index contributed by atoms with van der Waals surface area (Å²) in [6.45, 7) is 5.78. The molecule has 5 heteroatoms. The highest BCUT2D eigenvalue weighted by Gasteiger charge is 2.16. The maximum atomic E-state index is 11.3. The molecule has 0 saturated carbocycles. The molecule has 0 atom stereocenters. The molecule has 0 spiro atoms. The minimum Gasteiger partial charge on any atom is -0.463 e. The first-order valence-electron chi connectivity index (χ1n) is 4.76. The van der Waals surface area contributed by atoms with E-state index in [4.69, 9.17) is 9.57 Å². The average Bonchev–Trinajstić information content (AvgIpc) is 2.19. The number of ether oxygens (including phenoxy) is 1. The monoisotopic (exact) mass is 200 g/mol. The lowest BCUT2D eigenvalue weighted by atomic mass is 10.2. The van der Waals surface area contributed by atoms with Gasteiger partial charge in [0.25, 0.3) is 0 Å². The summed E-state index contributed by atoms with van der Waals surface area (Å²) in [6, 6.07) is 0. The number of esters is 1. The Morgan fingerprint density at radius 3 is 3.00 bits per heavy atom. The van der Waals surface area contributed by atoms with E-state index in [-0.39, 0.29) is 5.97 Å². The molecule has 0 radical (unpaired) electrons. The number of carbonyl (C=O) groups excluding carboxylic acids is 1. The molecule has 0 aromatic rings. The second-order valence-electron chi connectivity index (χ2n) is 2.79. The fraction of sp³-hybridized carbons (Fsp3) is 0.667. The summed E-state index contributed by atoms with van der Waals surface area (Å²) in [5, 5.41) is 4.63. The number of hydroxylamine groups is 2. The molecule has 0 aliphatic carbocycles. The van der Waals surface area contributed by atoms with E-state index in [9.17, 15) is 4.79 Å². The lowest BCUT2D eigenvalue weighted by Gasteiger charge is -2.25. The Labute approximate surface area is 83.6 Å². The van der Waals surface area contributed by atoms with Crippen molar-refractivity contribution in [3.05, 3.63) is 11.8 Å². The number of rotatable bonds is 4. The molecule has 0 bridgehead atoms. The summed E-state index contributed by atoms with van der Waals surface area (Å²) in [5.41, 5.74) is 0.589. The zero-order valence-corrected chi connectivity index (χ0v) is 8.58. The quantitative estimate of drug-likeness (QED) is 0.659. The predicted octanol–water partition coefficient (Wildman–Crippen LogP) is 0.248. The van der Waals surface area contributed by atoms with Crippen LogP contribution < -0.4 is 5.32 Å². The fourth-order valence-electron chi connectivity index (χ4n) is 1.16. The highest BCUT2D eigenvalue weighted by Crippen LogP contribution is 2.05. The molecule has 80 valence electrons. The summed E-state index contributed by atoms with van der Waals surface area (Å²) in [5.74, 6) is -0.288. The number of carbonyl (C=O) groups is 1. The van der Waals surface area contributed by atoms with Gasteiger partial charge in [0.1, 0.15) is 0 Å². The summed E-state index contributed by atoms with van der Waals surface area (Å²) >= 11 is 0. The van der Waals surface area contributed by atoms with Crippen LogP contribution in [0.15, 0.2) is 11.8 Å². The van der Waals surface area contributed by atoms with Crippen LogP contribution in [0.1, 0.15) is 13.8 Å². The zero-order valence-electron chi connectivity index (χ0n) is 8.58. The van der Waals surface area contributed by atoms with Gasteiger partial charge in [-0.3, -0.25) is 10.2 Å². The van der Waals surface area contributed by atoms with Crippen LogP contribution in [0.2, 0.25) is 0 Å². The van der Waals surface area contributed by atoms with Crippen LogP contribution >= 0.6 is 0 Å². The van der Waals surface area contributed by atoms with E-state index in [1.54, 1.807) is 18.2 Å². The van der Waals surface area contributed by atoms with Crippen molar-refractivity contribution in [2.75, 3.05) is 26.4 Å². The molecule has 0 aromatic heterocycles. The van der Waals surface area contributed by atoms with Crippen LogP contribution in [0, 0.1) is 0 Å². The summed E-state index contributed by atoms with van der Waals surface area (Å²) in [7, 11) is 0. The van der Waals surface area contributed by atoms with Crippen LogP contribution in [0.5, 0.6) is 0 Å². The van der Waals surface area contributed by atoms with Gasteiger partial charge in [-0.1, -0.05) is 0 Å². The van der Waals surface area contributed by atoms with E-state index >= 15 is 0 Å². The first-order valence-corrected chi connectivity index (χ1v) is 4.76. The van der Waals surface area contributed by atoms with Crippen molar-refractivity contribution in [1.29, 1.82) is 0 Å². The van der Waals surface area contributed by atoms with Gasteiger partial charge in [-0.15, -0.1) is 0 Å². The molecule has 0 aromatic carbocycles. The highest BCUT2D eigenvalue weighted by atomic mass is 16.7. The Balaban J connectivity index is 2.54. The van der Waals surface area contributed by atoms with Crippen LogP contribution in [0.4, 0.5) is 0 Å². The fourth-order valence-corrected chi connectivity index (χ4v) is 1.16. The third kappa shape index (κ3) is 3.01. The standard InChI is InChI=1S/C9H16N2O3/c1-3-13-9(12)8-5-10-7-11(6-8)14-4-2/h6,10H,3-5,7H2,1-2H3. The van der Waals surface area contributed by atoms with E-state index in [2.05, 4.69) is 5.32 Å². The Morgan fingerprint density at radius 1 is 1.57 bits per heavy atom. The maximum absolute atomic E-state index is 11.3. The van der Waals surface area contributed by atoms with Crippen molar-refractivity contribution >= 4 is 5.97 Å². The number of nitrogens with one attached hydrogen (secondary N) is 1. The molecule has 0 amide bonds. The second kappa shape index (κ2) is 5.62. The molecule has 14 heavy (non-hydrogen) atoms. The van der Waals surface area contributed by atoms with Crippen molar-refractivity contribution in [3.63, 3.8) is 0 Å². The van der Waals surface area contributed by atoms with Gasteiger partial charge >= 0.3 is 5.97 Å². The maximum Gasteiger partial charge on any atom is 0.336 e. The summed E-state index contributed by atoms with van der Waals surface area (Å²) < 4.78 is 4.88. The zero-order chi connectivity index (χ0) is 10.4. The van der Waals surface area contributed by atoms with Gasteiger partial charge in [0.2, 0.25) is 0 Å². The SMILES string of the molecule is CCOC(=O)C1=CN(OCC)CNC1. The van der Waals surface area contributed by atoms with E-state index in [1.807, 2.05) is 6.92 Å². The second-order valence-corrected chi connectivity index (χ2v) is 2.79. The van der Waals surface area contributed by atoms with Crippen LogP contribution in [-0.2, 0) is 14.4 Å². The molecule has 1 heterocycles. The van der Waals surface area contributed by atoms with Gasteiger partial charge in [-0.2, -0.15) is 0 Å². The van der Waals surface area contributed by atoms with E-state index < -0.39 is 0 Å². The molecule has 0 unspecified atom stereocenters. The lowest BCUT2D eigenvalue weighted by Crippen LogP contribution is -2.38. The number of hydrogen-bond acceptors (Lipinski definition) is 5. The van der Waals surface area contributed by atoms with E-state index in [0.717, 1.165) is 0 Å². The summed E-state index contributed by atoms with van der Waals surface area (Å²) in [4.78, 5) is 16.6. The van der Waals surface area contributed by atoms with Gasteiger partial charge in [-0.25, -0.2) is 9.86 Å². The third-order valence-corrected chi connectivity index (χ3v) is 1.72. The Morgan fingerprint density at radius 2 is 2.36 bits per heavy atom. The molecule has 5 nitrogen and oxygen atoms in total. The van der Waals surface area contributed by atoms with Crippen molar-refractivity contribution < 1.29 is 14.4 Å². The van der Waals surface area contributed by atoms with E-state index in [1.165, 1.54) is 0 Å². The number of nitrogens with zero attached hydrogens (tertiary/aromatic N) is 1. The minimum absolute atomic E-state index is 0.288. The molecule has 0 fully saturated rings. The Hall–Kier alpha value is -1.07. The average molecular weight is 200 g/mol. The largest absolute Gasteiger partial charge is 0.463 e. The van der Waals surface area contributed by atoms with Crippen molar-refractivity contribution in [2.24, 2.45) is 0 Å². The van der Waals surface area contributed by atoms with Gasteiger partial charge in [0.15, 0.2) is 0 Å². The molecule has 1 aliphatic rings. The predicted molar refractivity (Wildman–Crippen MR) is 51.1 cm³/mol. The lowest BCUT2D eigenvalue weighted by molar-refractivity contribution is -0.142. The molecule has 1 N–H and O–H groups in total. The topological polar surface area (TPSA) is 50.8 Å². The van der Waals surface area contributed by atoms with Gasteiger partial charge in [0.05, 0.1) is 25.5 Å². The Kier molecular flexibility index (Phi) is 4.42. The molecular weight excluding hydrogens is 184 g/mol. The highest BCUT2D eigenvalue weighted by molar-refractivity contribution is 5.88. The first-order chi connectivity index (χ1) is 6.77. The summed E-state index contributed by atoms with van der Waals surface area (Å²) in [6.07, 6.45) is 1.68. The van der Waals surface area contributed by atoms with Crippen LogP contribution in [0.3, 0.4) is 0 Å². The molecule has 1 aliphatic heterocycles. The molecule has 0 saturated heterocycles.